The van der Waals surface area contributed by atoms with Crippen molar-refractivity contribution in [1.82, 2.24) is 15.1 Å². The molecule has 1 aromatic rings. The second-order valence-electron chi connectivity index (χ2n) is 4.38. The maximum absolute atomic E-state index is 11.8. The van der Waals surface area contributed by atoms with Gasteiger partial charge in [-0.05, 0) is 32.3 Å². The number of amides is 1. The van der Waals surface area contributed by atoms with Crippen LogP contribution >= 0.6 is 11.8 Å². The van der Waals surface area contributed by atoms with Gasteiger partial charge in [0, 0.05) is 24.8 Å². The van der Waals surface area contributed by atoms with Gasteiger partial charge in [0.2, 0.25) is 5.91 Å². The number of carbonyl (C=O) groups is 1. The van der Waals surface area contributed by atoms with Crippen molar-refractivity contribution in [2.45, 2.75) is 32.9 Å². The highest BCUT2D eigenvalue weighted by Crippen LogP contribution is 2.11. The number of nitrogens with two attached hydrogens (primary N) is 1. The molecule has 0 bridgehead atoms. The minimum Gasteiger partial charge on any atom is -0.351 e. The molecule has 0 spiro atoms. The van der Waals surface area contributed by atoms with Crippen molar-refractivity contribution in [2.75, 3.05) is 12.0 Å². The van der Waals surface area contributed by atoms with E-state index in [0.717, 1.165) is 22.7 Å². The van der Waals surface area contributed by atoms with Crippen molar-refractivity contribution in [1.29, 1.82) is 0 Å². The maximum atomic E-state index is 11.8. The van der Waals surface area contributed by atoms with Gasteiger partial charge in [-0.15, -0.1) is 0 Å². The molecule has 18 heavy (non-hydrogen) atoms. The summed E-state index contributed by atoms with van der Waals surface area (Å²) in [5.74, 6) is 0.811. The van der Waals surface area contributed by atoms with Gasteiger partial charge in [0.15, 0.2) is 0 Å². The standard InChI is InChI=1S/C12H22N4OS/c1-8-10(9(2)16(3)15-8)7-14-12(17)11(13)5-6-18-4/h11H,5-7,13H2,1-4H3,(H,14,17)/t11-/m1/s1. The van der Waals surface area contributed by atoms with E-state index < -0.39 is 6.04 Å². The van der Waals surface area contributed by atoms with Crippen LogP contribution in [0.15, 0.2) is 0 Å². The largest absolute Gasteiger partial charge is 0.351 e. The molecule has 0 unspecified atom stereocenters. The van der Waals surface area contributed by atoms with E-state index >= 15 is 0 Å². The molecule has 0 aliphatic carbocycles. The van der Waals surface area contributed by atoms with Crippen LogP contribution in [-0.4, -0.2) is 33.7 Å². The van der Waals surface area contributed by atoms with Gasteiger partial charge >= 0.3 is 0 Å². The summed E-state index contributed by atoms with van der Waals surface area (Å²) in [5.41, 5.74) is 8.90. The zero-order chi connectivity index (χ0) is 13.7. The fourth-order valence-corrected chi connectivity index (χ4v) is 2.25. The molecule has 0 radical (unpaired) electrons. The summed E-state index contributed by atoms with van der Waals surface area (Å²) in [4.78, 5) is 11.8. The quantitative estimate of drug-likeness (QED) is 0.799. The molecule has 1 aromatic heterocycles. The monoisotopic (exact) mass is 270 g/mol. The zero-order valence-corrected chi connectivity index (χ0v) is 12.3. The van der Waals surface area contributed by atoms with Crippen LogP contribution in [0.25, 0.3) is 0 Å². The Morgan fingerprint density at radius 1 is 1.56 bits per heavy atom. The fourth-order valence-electron chi connectivity index (χ4n) is 1.76. The lowest BCUT2D eigenvalue weighted by Crippen LogP contribution is -2.40. The highest BCUT2D eigenvalue weighted by Gasteiger charge is 2.15. The molecule has 1 amide bonds. The Bertz CT molecular complexity index is 416. The number of rotatable bonds is 6. The second-order valence-corrected chi connectivity index (χ2v) is 5.36. The molecule has 1 atom stereocenters. The van der Waals surface area contributed by atoms with E-state index in [4.69, 9.17) is 5.73 Å². The van der Waals surface area contributed by atoms with Gasteiger partial charge in [0.25, 0.3) is 0 Å². The third-order valence-electron chi connectivity index (χ3n) is 3.07. The number of hydrogen-bond donors (Lipinski definition) is 2. The third-order valence-corrected chi connectivity index (χ3v) is 3.71. The van der Waals surface area contributed by atoms with Crippen LogP contribution in [0.2, 0.25) is 0 Å². The fraction of sp³-hybridized carbons (Fsp3) is 0.667. The molecule has 1 heterocycles. The number of aromatic nitrogens is 2. The van der Waals surface area contributed by atoms with Crippen LogP contribution in [-0.2, 0) is 18.4 Å². The predicted molar refractivity (Wildman–Crippen MR) is 75.5 cm³/mol. The lowest BCUT2D eigenvalue weighted by Gasteiger charge is -2.11. The Kier molecular flexibility index (Phi) is 5.68. The van der Waals surface area contributed by atoms with Crippen molar-refractivity contribution < 1.29 is 4.79 Å². The molecule has 0 aromatic carbocycles. The van der Waals surface area contributed by atoms with E-state index in [9.17, 15) is 4.79 Å². The van der Waals surface area contributed by atoms with Crippen LogP contribution in [0.1, 0.15) is 23.4 Å². The van der Waals surface area contributed by atoms with E-state index in [2.05, 4.69) is 10.4 Å². The van der Waals surface area contributed by atoms with Crippen molar-refractivity contribution >= 4 is 17.7 Å². The molecule has 6 heteroatoms. The summed E-state index contributed by atoms with van der Waals surface area (Å²) < 4.78 is 1.82. The molecule has 0 aliphatic heterocycles. The van der Waals surface area contributed by atoms with Crippen LogP contribution in [0.4, 0.5) is 0 Å². The predicted octanol–water partition coefficient (Wildman–Crippen LogP) is 0.734. The SMILES string of the molecule is CSCC[C@@H](N)C(=O)NCc1c(C)nn(C)c1C. The lowest BCUT2D eigenvalue weighted by molar-refractivity contribution is -0.122. The van der Waals surface area contributed by atoms with Gasteiger partial charge in [-0.25, -0.2) is 0 Å². The lowest BCUT2D eigenvalue weighted by atomic mass is 10.2. The summed E-state index contributed by atoms with van der Waals surface area (Å²) in [6.07, 6.45) is 2.71. The summed E-state index contributed by atoms with van der Waals surface area (Å²) >= 11 is 1.70. The molecule has 0 saturated heterocycles. The summed E-state index contributed by atoms with van der Waals surface area (Å²) in [7, 11) is 1.90. The Balaban J connectivity index is 2.52. The number of thioether (sulfide) groups is 1. The molecule has 0 saturated carbocycles. The molecule has 5 nitrogen and oxygen atoms in total. The van der Waals surface area contributed by atoms with Crippen molar-refractivity contribution in [3.8, 4) is 0 Å². The number of nitrogens with zero attached hydrogens (tertiary/aromatic N) is 2. The Hall–Kier alpha value is -1.01. The Morgan fingerprint density at radius 2 is 2.22 bits per heavy atom. The molecular formula is C12H22N4OS. The van der Waals surface area contributed by atoms with E-state index in [1.54, 1.807) is 11.8 Å². The summed E-state index contributed by atoms with van der Waals surface area (Å²) in [6, 6.07) is -0.422. The highest BCUT2D eigenvalue weighted by molar-refractivity contribution is 7.98. The van der Waals surface area contributed by atoms with Gasteiger partial charge < -0.3 is 11.1 Å². The summed E-state index contributed by atoms with van der Waals surface area (Å²) in [6.45, 7) is 4.44. The number of nitrogens with one attached hydrogen (secondary N) is 1. The van der Waals surface area contributed by atoms with E-state index in [1.807, 2.05) is 31.8 Å². The minimum absolute atomic E-state index is 0.0910. The first kappa shape index (κ1) is 15.0. The molecule has 1 rings (SSSR count). The molecule has 0 fully saturated rings. The topological polar surface area (TPSA) is 72.9 Å². The first-order chi connectivity index (χ1) is 8.47. The van der Waals surface area contributed by atoms with Gasteiger partial charge in [-0.3, -0.25) is 9.48 Å². The van der Waals surface area contributed by atoms with Gasteiger partial charge in [0.1, 0.15) is 0 Å². The molecular weight excluding hydrogens is 248 g/mol. The van der Waals surface area contributed by atoms with Crippen molar-refractivity contribution in [3.63, 3.8) is 0 Å². The van der Waals surface area contributed by atoms with E-state index in [-0.39, 0.29) is 5.91 Å². The summed E-state index contributed by atoms with van der Waals surface area (Å²) in [5, 5.41) is 7.19. The smallest absolute Gasteiger partial charge is 0.237 e. The number of aryl methyl sites for hydroxylation is 2. The van der Waals surface area contributed by atoms with Crippen LogP contribution in [0.5, 0.6) is 0 Å². The first-order valence-corrected chi connectivity index (χ1v) is 7.38. The van der Waals surface area contributed by atoms with Crippen LogP contribution in [0.3, 0.4) is 0 Å². The van der Waals surface area contributed by atoms with E-state index in [1.165, 1.54) is 0 Å². The Labute approximate surface area is 112 Å². The van der Waals surface area contributed by atoms with Gasteiger partial charge in [-0.2, -0.15) is 16.9 Å². The van der Waals surface area contributed by atoms with Crippen LogP contribution < -0.4 is 11.1 Å². The second kappa shape index (κ2) is 6.80. The molecule has 3 N–H and O–H groups in total. The Morgan fingerprint density at radius 3 is 2.72 bits per heavy atom. The average molecular weight is 270 g/mol. The number of hydrogen-bond acceptors (Lipinski definition) is 4. The van der Waals surface area contributed by atoms with Gasteiger partial charge in [-0.1, -0.05) is 0 Å². The maximum Gasteiger partial charge on any atom is 0.237 e. The van der Waals surface area contributed by atoms with Crippen molar-refractivity contribution in [2.24, 2.45) is 12.8 Å². The van der Waals surface area contributed by atoms with Gasteiger partial charge in [0.05, 0.1) is 11.7 Å². The third kappa shape index (κ3) is 3.74. The highest BCUT2D eigenvalue weighted by atomic mass is 32.2. The normalized spacial score (nSPS) is 12.5. The molecule has 0 aliphatic rings. The zero-order valence-electron chi connectivity index (χ0n) is 11.5. The van der Waals surface area contributed by atoms with Crippen molar-refractivity contribution in [3.05, 3.63) is 17.0 Å². The first-order valence-electron chi connectivity index (χ1n) is 5.98. The number of carbonyl (C=O) groups excluding carboxylic acids is 1. The minimum atomic E-state index is -0.422. The van der Waals surface area contributed by atoms with E-state index in [0.29, 0.717) is 13.0 Å². The molecule has 102 valence electrons. The average Bonchev–Trinajstić information content (AvgIpc) is 2.58. The van der Waals surface area contributed by atoms with Crippen LogP contribution in [0, 0.1) is 13.8 Å².